The van der Waals surface area contributed by atoms with Crippen molar-refractivity contribution >= 4 is 17.4 Å². The zero-order valence-electron chi connectivity index (χ0n) is 15.1. The Morgan fingerprint density at radius 1 is 1.32 bits per heavy atom. The predicted molar refractivity (Wildman–Crippen MR) is 99.6 cm³/mol. The molecule has 1 amide bonds. The first-order valence-electron chi connectivity index (χ1n) is 8.74. The SMILES string of the molecule is CC(C)(C)OC(=O)N1CCC(Cc2csc(-c3ccccn3)n2)CC1. The van der Waals surface area contributed by atoms with Crippen LogP contribution in [0.4, 0.5) is 4.79 Å². The van der Waals surface area contributed by atoms with Crippen LogP contribution in [0.3, 0.4) is 0 Å². The Morgan fingerprint density at radius 3 is 2.72 bits per heavy atom. The van der Waals surface area contributed by atoms with Gasteiger partial charge in [0.05, 0.1) is 11.4 Å². The number of aromatic nitrogens is 2. The van der Waals surface area contributed by atoms with E-state index in [1.807, 2.05) is 43.9 Å². The second-order valence-corrected chi connectivity index (χ2v) is 8.33. The van der Waals surface area contributed by atoms with Crippen molar-refractivity contribution in [2.75, 3.05) is 13.1 Å². The number of hydrogen-bond donors (Lipinski definition) is 0. The quantitative estimate of drug-likeness (QED) is 0.815. The second-order valence-electron chi connectivity index (χ2n) is 7.47. The average molecular weight is 359 g/mol. The number of likely N-dealkylation sites (tertiary alicyclic amines) is 1. The molecule has 0 N–H and O–H groups in total. The fourth-order valence-electron chi connectivity index (χ4n) is 2.95. The minimum atomic E-state index is -0.434. The normalized spacial score (nSPS) is 16.0. The lowest BCUT2D eigenvalue weighted by Crippen LogP contribution is -2.42. The number of carbonyl (C=O) groups is 1. The third kappa shape index (κ3) is 5.01. The lowest BCUT2D eigenvalue weighted by atomic mass is 9.93. The molecule has 3 heterocycles. The zero-order valence-corrected chi connectivity index (χ0v) is 15.9. The van der Waals surface area contributed by atoms with Crippen LogP contribution < -0.4 is 0 Å². The average Bonchev–Trinajstić information content (AvgIpc) is 3.03. The molecule has 0 saturated carbocycles. The summed E-state index contributed by atoms with van der Waals surface area (Å²) in [7, 11) is 0. The van der Waals surface area contributed by atoms with Gasteiger partial charge >= 0.3 is 6.09 Å². The van der Waals surface area contributed by atoms with Gasteiger partial charge in [0, 0.05) is 24.7 Å². The Kier molecular flexibility index (Phi) is 5.37. The van der Waals surface area contributed by atoms with E-state index in [2.05, 4.69) is 10.4 Å². The highest BCUT2D eigenvalue weighted by atomic mass is 32.1. The third-order valence-electron chi connectivity index (χ3n) is 4.20. The molecule has 134 valence electrons. The van der Waals surface area contributed by atoms with E-state index in [9.17, 15) is 4.79 Å². The molecule has 1 fully saturated rings. The van der Waals surface area contributed by atoms with Gasteiger partial charge in [-0.25, -0.2) is 9.78 Å². The summed E-state index contributed by atoms with van der Waals surface area (Å²) in [6.07, 6.45) is 4.55. The van der Waals surface area contributed by atoms with Gasteiger partial charge in [0.1, 0.15) is 10.6 Å². The number of rotatable bonds is 3. The maximum absolute atomic E-state index is 12.1. The van der Waals surface area contributed by atoms with Gasteiger partial charge in [-0.2, -0.15) is 0 Å². The lowest BCUT2D eigenvalue weighted by molar-refractivity contribution is 0.0184. The molecule has 2 aromatic rings. The van der Waals surface area contributed by atoms with E-state index in [1.54, 1.807) is 17.5 Å². The largest absolute Gasteiger partial charge is 0.444 e. The van der Waals surface area contributed by atoms with E-state index in [-0.39, 0.29) is 6.09 Å². The van der Waals surface area contributed by atoms with Gasteiger partial charge < -0.3 is 9.64 Å². The Balaban J connectivity index is 1.51. The van der Waals surface area contributed by atoms with Crippen molar-refractivity contribution in [3.8, 4) is 10.7 Å². The molecule has 1 aliphatic rings. The van der Waals surface area contributed by atoms with Gasteiger partial charge in [-0.3, -0.25) is 4.98 Å². The molecule has 0 unspecified atom stereocenters. The molecule has 3 rings (SSSR count). The molecule has 0 spiro atoms. The maximum Gasteiger partial charge on any atom is 0.410 e. The topological polar surface area (TPSA) is 55.3 Å². The highest BCUT2D eigenvalue weighted by Crippen LogP contribution is 2.26. The smallest absolute Gasteiger partial charge is 0.410 e. The molecule has 1 aliphatic heterocycles. The summed E-state index contributed by atoms with van der Waals surface area (Å²) in [6.45, 7) is 7.23. The standard InChI is InChI=1S/C19H25N3O2S/c1-19(2,3)24-18(23)22-10-7-14(8-11-22)12-15-13-25-17(21-15)16-6-4-5-9-20-16/h4-6,9,13-14H,7-8,10-12H2,1-3H3. The summed E-state index contributed by atoms with van der Waals surface area (Å²) < 4.78 is 5.45. The number of carbonyl (C=O) groups excluding carboxylic acids is 1. The summed E-state index contributed by atoms with van der Waals surface area (Å²) in [5, 5.41) is 3.10. The van der Waals surface area contributed by atoms with Crippen LogP contribution in [-0.4, -0.2) is 39.7 Å². The fraction of sp³-hybridized carbons (Fsp3) is 0.526. The first-order valence-corrected chi connectivity index (χ1v) is 9.62. The highest BCUT2D eigenvalue weighted by molar-refractivity contribution is 7.13. The summed E-state index contributed by atoms with van der Waals surface area (Å²) >= 11 is 1.64. The molecule has 1 saturated heterocycles. The lowest BCUT2D eigenvalue weighted by Gasteiger charge is -2.33. The minimum absolute atomic E-state index is 0.197. The molecule has 25 heavy (non-hydrogen) atoms. The maximum atomic E-state index is 12.1. The van der Waals surface area contributed by atoms with E-state index < -0.39 is 5.60 Å². The summed E-state index contributed by atoms with van der Waals surface area (Å²) in [5.74, 6) is 0.567. The van der Waals surface area contributed by atoms with Crippen LogP contribution in [-0.2, 0) is 11.2 Å². The van der Waals surface area contributed by atoms with E-state index >= 15 is 0 Å². The van der Waals surface area contributed by atoms with Crippen LogP contribution in [0.1, 0.15) is 39.3 Å². The second kappa shape index (κ2) is 7.52. The fourth-order valence-corrected chi connectivity index (χ4v) is 3.76. The number of hydrogen-bond acceptors (Lipinski definition) is 5. The number of piperidine rings is 1. The Morgan fingerprint density at radius 2 is 2.08 bits per heavy atom. The van der Waals surface area contributed by atoms with Gasteiger partial charge in [-0.1, -0.05) is 6.07 Å². The van der Waals surface area contributed by atoms with Gasteiger partial charge in [-0.15, -0.1) is 11.3 Å². The third-order valence-corrected chi connectivity index (χ3v) is 5.11. The van der Waals surface area contributed by atoms with E-state index in [0.29, 0.717) is 5.92 Å². The van der Waals surface area contributed by atoms with Crippen molar-refractivity contribution in [3.63, 3.8) is 0 Å². The van der Waals surface area contributed by atoms with Crippen LogP contribution in [0.25, 0.3) is 10.7 Å². The number of ether oxygens (including phenoxy) is 1. The first-order chi connectivity index (χ1) is 11.9. The summed E-state index contributed by atoms with van der Waals surface area (Å²) in [4.78, 5) is 23.0. The summed E-state index contributed by atoms with van der Waals surface area (Å²) in [6, 6.07) is 5.88. The zero-order chi connectivity index (χ0) is 17.9. The van der Waals surface area contributed by atoms with Gasteiger partial charge in [0.2, 0.25) is 0 Å². The molecule has 0 aromatic carbocycles. The van der Waals surface area contributed by atoms with Crippen molar-refractivity contribution in [2.24, 2.45) is 5.92 Å². The van der Waals surface area contributed by atoms with Crippen LogP contribution >= 0.6 is 11.3 Å². The van der Waals surface area contributed by atoms with E-state index in [1.165, 1.54) is 0 Å². The Hall–Kier alpha value is -1.95. The van der Waals surface area contributed by atoms with Crippen LogP contribution in [0.5, 0.6) is 0 Å². The Bertz CT molecular complexity index is 701. The number of thiazole rings is 1. The molecule has 2 aromatic heterocycles. The minimum Gasteiger partial charge on any atom is -0.444 e. The Labute approximate surface area is 153 Å². The van der Waals surface area contributed by atoms with Crippen LogP contribution in [0, 0.1) is 5.92 Å². The highest BCUT2D eigenvalue weighted by Gasteiger charge is 2.27. The monoisotopic (exact) mass is 359 g/mol. The molecular formula is C19H25N3O2S. The number of nitrogens with zero attached hydrogens (tertiary/aromatic N) is 3. The predicted octanol–water partition coefficient (Wildman–Crippen LogP) is 4.39. The molecule has 0 atom stereocenters. The van der Waals surface area contributed by atoms with Gasteiger partial charge in [0.15, 0.2) is 0 Å². The van der Waals surface area contributed by atoms with E-state index in [4.69, 9.17) is 9.72 Å². The van der Waals surface area contributed by atoms with Crippen molar-refractivity contribution in [3.05, 3.63) is 35.5 Å². The van der Waals surface area contributed by atoms with Crippen LogP contribution in [0.15, 0.2) is 29.8 Å². The molecule has 0 bridgehead atoms. The van der Waals surface area contributed by atoms with Crippen molar-refractivity contribution < 1.29 is 9.53 Å². The number of amides is 1. The number of pyridine rings is 1. The van der Waals surface area contributed by atoms with Crippen molar-refractivity contribution in [1.29, 1.82) is 0 Å². The van der Waals surface area contributed by atoms with Gasteiger partial charge in [-0.05, 0) is 58.1 Å². The molecule has 5 nitrogen and oxygen atoms in total. The molecule has 0 aliphatic carbocycles. The van der Waals surface area contributed by atoms with Gasteiger partial charge in [0.25, 0.3) is 0 Å². The molecule has 0 radical (unpaired) electrons. The molecular weight excluding hydrogens is 334 g/mol. The molecule has 6 heteroatoms. The first kappa shape index (κ1) is 17.9. The summed E-state index contributed by atoms with van der Waals surface area (Å²) in [5.41, 5.74) is 1.62. The van der Waals surface area contributed by atoms with Crippen LogP contribution in [0.2, 0.25) is 0 Å². The van der Waals surface area contributed by atoms with E-state index in [0.717, 1.165) is 48.7 Å². The van der Waals surface area contributed by atoms with Crippen molar-refractivity contribution in [1.82, 2.24) is 14.9 Å². The van der Waals surface area contributed by atoms with Crippen molar-refractivity contribution in [2.45, 2.75) is 45.6 Å².